The second kappa shape index (κ2) is 22.8. The number of aliphatic hydroxyl groups excluding tert-OH is 1. The number of amides is 3. The number of fused-ring (bicyclic) bond motifs is 4. The third-order valence-electron chi connectivity index (χ3n) is 19.0. The molecule has 3 amide bonds. The fourth-order valence-corrected chi connectivity index (χ4v) is 16.1. The molecular weight excluding hydrogens is 1150 g/mol. The highest BCUT2D eigenvalue weighted by Gasteiger charge is 2.72. The van der Waals surface area contributed by atoms with Crippen LogP contribution in [0.5, 0.6) is 6.01 Å². The number of piperazine rings is 1. The molecule has 2 bridgehead atoms. The summed E-state index contributed by atoms with van der Waals surface area (Å²) < 4.78 is 70.4. The lowest BCUT2D eigenvalue weighted by Gasteiger charge is -2.46. The monoisotopic (exact) mass is 1220 g/mol. The van der Waals surface area contributed by atoms with Gasteiger partial charge in [-0.1, -0.05) is 62.7 Å². The number of aryl methyl sites for hydroxylation is 1. The maximum atomic E-state index is 17.4. The summed E-state index contributed by atoms with van der Waals surface area (Å²) in [6.07, 6.45) is 5.94. The second-order valence-corrected chi connectivity index (χ2v) is 28.2. The Balaban J connectivity index is 0.668. The van der Waals surface area contributed by atoms with E-state index in [2.05, 4.69) is 30.8 Å². The zero-order valence-electron chi connectivity index (χ0n) is 48.0. The molecule has 6 N–H and O–H groups in total. The first-order chi connectivity index (χ1) is 40.5. The number of nitrogens with zero attached hydrogens (tertiary/aromatic N) is 7. The molecule has 450 valence electrons. The highest BCUT2D eigenvalue weighted by atomic mass is 35.5. The van der Waals surface area contributed by atoms with Crippen molar-refractivity contribution in [3.8, 4) is 33.6 Å². The van der Waals surface area contributed by atoms with Crippen molar-refractivity contribution < 1.29 is 41.8 Å². The molecule has 0 radical (unpaired) electrons. The Labute approximate surface area is 503 Å². The Hall–Kier alpha value is -6.22. The fourth-order valence-electron chi connectivity index (χ4n) is 14.0. The molecule has 4 aliphatic heterocycles. The van der Waals surface area contributed by atoms with Crippen LogP contribution in [0.4, 0.5) is 28.4 Å². The lowest BCUT2D eigenvalue weighted by Crippen LogP contribution is -2.57. The number of carbonyl (C=O) groups excluding carboxylic acids is 3. The van der Waals surface area contributed by atoms with E-state index in [1.54, 1.807) is 17.4 Å². The van der Waals surface area contributed by atoms with Gasteiger partial charge in [-0.15, -0.1) is 22.7 Å². The molecule has 23 heteroatoms. The maximum Gasteiger partial charge on any atom is 0.319 e. The van der Waals surface area contributed by atoms with Gasteiger partial charge in [-0.05, 0) is 117 Å². The molecule has 1 spiro atoms. The van der Waals surface area contributed by atoms with Crippen molar-refractivity contribution in [2.75, 3.05) is 56.5 Å². The van der Waals surface area contributed by atoms with Crippen LogP contribution < -0.4 is 31.3 Å². The number of hydrogen-bond acceptors (Lipinski definition) is 15. The SMILES string of the molecule is Cc1ncsc1-c1ccc(CNC(=O)[C@@H]2C[C@@H](O)CN2C(=O)[C@@H](NC(=O)CC2CCC3(CC2)CCN(C[C@@]2(COc4nc(N5CC6CCC(C5)N6)c5cc(Cl)c(-c6ccc(F)c7sc(N)c(C#N)c67)c(F)c5n4)CC2(F)F)CC3)C(C)(C)C)cc1. The van der Waals surface area contributed by atoms with Crippen LogP contribution in [-0.2, 0) is 20.9 Å². The van der Waals surface area contributed by atoms with Crippen LogP contribution in [0.2, 0.25) is 5.02 Å². The number of aromatic nitrogens is 3. The minimum Gasteiger partial charge on any atom is -0.463 e. The van der Waals surface area contributed by atoms with E-state index in [1.165, 1.54) is 17.0 Å². The van der Waals surface area contributed by atoms with E-state index in [-0.39, 0.29) is 116 Å². The van der Waals surface area contributed by atoms with Crippen LogP contribution in [0.1, 0.15) is 108 Å². The predicted octanol–water partition coefficient (Wildman–Crippen LogP) is 10.1. The molecule has 4 saturated heterocycles. The van der Waals surface area contributed by atoms with E-state index in [4.69, 9.17) is 27.1 Å². The summed E-state index contributed by atoms with van der Waals surface area (Å²) in [6.45, 7) is 9.80. The molecule has 2 saturated carbocycles. The third-order valence-corrected chi connectivity index (χ3v) is 21.3. The van der Waals surface area contributed by atoms with Gasteiger partial charge in [0.1, 0.15) is 46.9 Å². The van der Waals surface area contributed by atoms with E-state index in [9.17, 15) is 24.8 Å². The molecule has 7 heterocycles. The molecule has 85 heavy (non-hydrogen) atoms. The van der Waals surface area contributed by atoms with Crippen molar-refractivity contribution in [3.63, 3.8) is 0 Å². The second-order valence-electron chi connectivity index (χ2n) is 25.9. The number of piperidine rings is 1. The number of carbonyl (C=O) groups is 3. The topological polar surface area (TPSA) is 215 Å². The molecule has 6 atom stereocenters. The zero-order valence-corrected chi connectivity index (χ0v) is 50.4. The van der Waals surface area contributed by atoms with Gasteiger partial charge in [-0.25, -0.2) is 22.5 Å². The molecule has 3 aromatic heterocycles. The number of anilines is 2. The zero-order chi connectivity index (χ0) is 59.9. The van der Waals surface area contributed by atoms with Crippen LogP contribution in [-0.4, -0.2) is 130 Å². The number of nitrogens with two attached hydrogens (primary N) is 1. The first-order valence-corrected chi connectivity index (χ1v) is 31.5. The minimum atomic E-state index is -3.03. The Morgan fingerprint density at radius 2 is 1.72 bits per heavy atom. The number of β-amino-alcohol motifs (C(OH)–C–C–N with tert-alkyl or cyclic N) is 1. The summed E-state index contributed by atoms with van der Waals surface area (Å²) in [5.41, 5.74) is 8.47. The molecule has 2 unspecified atom stereocenters. The first-order valence-electron chi connectivity index (χ1n) is 29.4. The smallest absolute Gasteiger partial charge is 0.319 e. The molecule has 12 rings (SSSR count). The maximum absolute atomic E-state index is 17.4. The minimum absolute atomic E-state index is 0.00168. The van der Waals surface area contributed by atoms with Crippen molar-refractivity contribution in [1.29, 1.82) is 5.26 Å². The Morgan fingerprint density at radius 3 is 2.36 bits per heavy atom. The Bertz CT molecular complexity index is 3620. The standard InChI is InChI=1S/C62H70ClF4N11O5S2/c1-33-51(84-32-71-33)36-7-5-35(6-8-36)25-70-56(81)45-22-39(79)28-78(45)57(82)53(59(2,3)4)73-46(80)21-34-13-15-60(16-14-34)17-19-76(20-18-60)30-61(29-62(61,66)67)31-83-58-74-50-41(55(75-58)77-26-37-9-10-38(27-77)72-37)23-43(63)48(49(50)65)40-11-12-44(64)52-47(40)42(24-68)54(69)85-52/h5-8,11-12,23,32,34,37-39,45,53,72,79H,9-10,13-22,25-31,69H2,1-4H3,(H,70,81)(H,73,80)/t37?,38?,39-,45+,53-,61-/m1/s1. The fraction of sp³-hybridized carbons (Fsp3) is 0.532. The summed E-state index contributed by atoms with van der Waals surface area (Å²) in [5, 5.41) is 30.9. The van der Waals surface area contributed by atoms with Crippen LogP contribution in [0, 0.1) is 52.1 Å². The number of nitrogen functional groups attached to an aromatic ring is 1. The van der Waals surface area contributed by atoms with Crippen LogP contribution in [0.3, 0.4) is 0 Å². The summed E-state index contributed by atoms with van der Waals surface area (Å²) in [6, 6.07) is 12.2. The van der Waals surface area contributed by atoms with E-state index < -0.39 is 65.5 Å². The number of nitriles is 1. The quantitative estimate of drug-likeness (QED) is 0.0606. The Morgan fingerprint density at radius 1 is 1.01 bits per heavy atom. The van der Waals surface area contributed by atoms with Crippen molar-refractivity contribution in [2.24, 2.45) is 22.2 Å². The molecule has 6 aromatic rings. The van der Waals surface area contributed by atoms with Gasteiger partial charge in [0, 0.05) is 80.4 Å². The summed E-state index contributed by atoms with van der Waals surface area (Å²) in [4.78, 5) is 62.2. The molecule has 6 fully saturated rings. The molecular formula is C62H70ClF4N11O5S2. The van der Waals surface area contributed by atoms with Gasteiger partial charge in [0.25, 0.3) is 5.92 Å². The summed E-state index contributed by atoms with van der Waals surface area (Å²) in [5.74, 6) is -5.10. The van der Waals surface area contributed by atoms with Gasteiger partial charge in [-0.2, -0.15) is 15.2 Å². The number of likely N-dealkylation sites (tertiary alicyclic amines) is 2. The average Bonchev–Trinajstić information content (AvgIpc) is 2.09. The van der Waals surface area contributed by atoms with Gasteiger partial charge in [-0.3, -0.25) is 14.4 Å². The number of hydrogen-bond donors (Lipinski definition) is 5. The molecule has 6 aliphatic rings. The largest absolute Gasteiger partial charge is 0.463 e. The number of aliphatic hydroxyl groups is 1. The Kier molecular flexibility index (Phi) is 15.9. The lowest BCUT2D eigenvalue weighted by molar-refractivity contribution is -0.144. The first kappa shape index (κ1) is 59.1. The van der Waals surface area contributed by atoms with Crippen molar-refractivity contribution in [2.45, 2.75) is 141 Å². The van der Waals surface area contributed by atoms with Gasteiger partial charge in [0.15, 0.2) is 5.82 Å². The highest BCUT2D eigenvalue weighted by Crippen LogP contribution is 2.61. The van der Waals surface area contributed by atoms with Gasteiger partial charge < -0.3 is 46.2 Å². The highest BCUT2D eigenvalue weighted by molar-refractivity contribution is 7.23. The number of ether oxygens (including phenoxy) is 1. The number of thiazole rings is 1. The summed E-state index contributed by atoms with van der Waals surface area (Å²) >= 11 is 9.38. The van der Waals surface area contributed by atoms with Crippen molar-refractivity contribution in [1.82, 2.24) is 40.7 Å². The lowest BCUT2D eigenvalue weighted by atomic mass is 9.65. The predicted molar refractivity (Wildman–Crippen MR) is 320 cm³/mol. The molecule has 16 nitrogen and oxygen atoms in total. The number of thiophene rings is 1. The van der Waals surface area contributed by atoms with Crippen molar-refractivity contribution >= 4 is 83.8 Å². The number of rotatable bonds is 15. The van der Waals surface area contributed by atoms with Crippen molar-refractivity contribution in [3.05, 3.63) is 81.5 Å². The number of benzene rings is 3. The van der Waals surface area contributed by atoms with E-state index >= 15 is 17.6 Å². The number of alkyl halides is 2. The van der Waals surface area contributed by atoms with E-state index in [0.29, 0.717) is 37.4 Å². The van der Waals surface area contributed by atoms with Gasteiger partial charge in [0.2, 0.25) is 17.7 Å². The van der Waals surface area contributed by atoms with Gasteiger partial charge in [0.05, 0.1) is 42.9 Å². The van der Waals surface area contributed by atoms with Gasteiger partial charge >= 0.3 is 6.01 Å². The molecule has 3 aromatic carbocycles. The van der Waals surface area contributed by atoms with Crippen LogP contribution >= 0.6 is 34.3 Å². The average molecular weight is 1220 g/mol. The number of halogens is 5. The van der Waals surface area contributed by atoms with Crippen LogP contribution in [0.15, 0.2) is 48.0 Å². The van der Waals surface area contributed by atoms with E-state index in [0.717, 1.165) is 84.4 Å². The number of nitrogens with one attached hydrogen (secondary N) is 3. The normalized spacial score (nSPS) is 24.2. The van der Waals surface area contributed by atoms with E-state index in [1.807, 2.05) is 68.4 Å². The molecule has 2 aliphatic carbocycles. The summed E-state index contributed by atoms with van der Waals surface area (Å²) in [7, 11) is 0. The third kappa shape index (κ3) is 11.5. The van der Waals surface area contributed by atoms with Crippen LogP contribution in [0.25, 0.3) is 42.6 Å².